The van der Waals surface area contributed by atoms with E-state index in [0.717, 1.165) is 13.1 Å². The summed E-state index contributed by atoms with van der Waals surface area (Å²) in [5.74, 6) is 0.471. The number of nitrogens with zero attached hydrogens (tertiary/aromatic N) is 3. The average molecular weight is 618 g/mol. The van der Waals surface area contributed by atoms with Crippen LogP contribution >= 0.6 is 11.6 Å². The number of benzene rings is 4. The minimum atomic E-state index is -3.78. The van der Waals surface area contributed by atoms with Crippen LogP contribution in [0.2, 0.25) is 5.02 Å². The molecule has 1 fully saturated rings. The first kappa shape index (κ1) is 30.8. The standard InChI is InChI=1S/C34H36ClN3O4S/c1-3-42-32-19-14-28(24-29(32)25-36(2)43(40,41)31-17-15-30(35)16-18-31)34(39)38-22-20-37(21-23-38)33(26-10-6-4-7-11-26)27-12-8-5-9-13-27/h4-19,24,33H,3,20-23,25H2,1-2H3. The van der Waals surface area contributed by atoms with Gasteiger partial charge in [0.25, 0.3) is 5.91 Å². The highest BCUT2D eigenvalue weighted by Gasteiger charge is 2.29. The van der Waals surface area contributed by atoms with E-state index in [2.05, 4.69) is 53.4 Å². The summed E-state index contributed by atoms with van der Waals surface area (Å²) in [6.07, 6.45) is 0. The maximum absolute atomic E-state index is 13.7. The first-order valence-electron chi connectivity index (χ1n) is 14.4. The van der Waals surface area contributed by atoms with E-state index in [9.17, 15) is 13.2 Å². The van der Waals surface area contributed by atoms with Crippen molar-refractivity contribution in [3.63, 3.8) is 0 Å². The van der Waals surface area contributed by atoms with Crippen molar-refractivity contribution in [3.8, 4) is 5.75 Å². The number of hydrogen-bond donors (Lipinski definition) is 0. The molecule has 0 unspecified atom stereocenters. The van der Waals surface area contributed by atoms with E-state index in [4.69, 9.17) is 16.3 Å². The highest BCUT2D eigenvalue weighted by atomic mass is 35.5. The summed E-state index contributed by atoms with van der Waals surface area (Å²) in [7, 11) is -2.26. The van der Waals surface area contributed by atoms with Crippen molar-refractivity contribution in [1.29, 1.82) is 0 Å². The molecule has 0 saturated carbocycles. The smallest absolute Gasteiger partial charge is 0.253 e. The van der Waals surface area contributed by atoms with Gasteiger partial charge in [0.15, 0.2) is 0 Å². The van der Waals surface area contributed by atoms with E-state index >= 15 is 0 Å². The third kappa shape index (κ3) is 7.11. The van der Waals surface area contributed by atoms with Gasteiger partial charge in [-0.15, -0.1) is 0 Å². The second-order valence-electron chi connectivity index (χ2n) is 10.5. The zero-order valence-corrected chi connectivity index (χ0v) is 26.0. The Hall–Kier alpha value is -3.69. The van der Waals surface area contributed by atoms with Crippen molar-refractivity contribution >= 4 is 27.5 Å². The van der Waals surface area contributed by atoms with Crippen molar-refractivity contribution in [2.45, 2.75) is 24.4 Å². The van der Waals surface area contributed by atoms with Crippen molar-refractivity contribution in [2.24, 2.45) is 0 Å². The highest BCUT2D eigenvalue weighted by molar-refractivity contribution is 7.89. The Morgan fingerprint density at radius 2 is 1.44 bits per heavy atom. The number of carbonyl (C=O) groups is 1. The highest BCUT2D eigenvalue weighted by Crippen LogP contribution is 2.30. The van der Waals surface area contributed by atoms with Crippen molar-refractivity contribution in [2.75, 3.05) is 39.8 Å². The van der Waals surface area contributed by atoms with Crippen LogP contribution in [0.3, 0.4) is 0 Å². The number of sulfonamides is 1. The number of piperazine rings is 1. The molecule has 1 amide bonds. The molecule has 0 aliphatic carbocycles. The summed E-state index contributed by atoms with van der Waals surface area (Å²) in [6, 6.07) is 32.4. The van der Waals surface area contributed by atoms with E-state index in [1.54, 1.807) is 30.3 Å². The molecule has 1 heterocycles. The second-order valence-corrected chi connectivity index (χ2v) is 13.0. The van der Waals surface area contributed by atoms with Crippen LogP contribution in [0.5, 0.6) is 5.75 Å². The van der Waals surface area contributed by atoms with E-state index in [1.807, 2.05) is 24.0 Å². The number of carbonyl (C=O) groups excluding carboxylic acids is 1. The van der Waals surface area contributed by atoms with Gasteiger partial charge in [0.2, 0.25) is 10.0 Å². The monoisotopic (exact) mass is 617 g/mol. The molecular weight excluding hydrogens is 582 g/mol. The lowest BCUT2D eigenvalue weighted by molar-refractivity contribution is 0.0597. The minimum Gasteiger partial charge on any atom is -0.494 e. The van der Waals surface area contributed by atoms with Crippen LogP contribution in [-0.4, -0.2) is 68.3 Å². The summed E-state index contributed by atoms with van der Waals surface area (Å²) < 4.78 is 33.5. The largest absolute Gasteiger partial charge is 0.494 e. The number of ether oxygens (including phenoxy) is 1. The Morgan fingerprint density at radius 3 is 2.00 bits per heavy atom. The SMILES string of the molecule is CCOc1ccc(C(=O)N2CCN(C(c3ccccc3)c3ccccc3)CC2)cc1CN(C)S(=O)(=O)c1ccc(Cl)cc1. The Kier molecular flexibility index (Phi) is 9.82. The second kappa shape index (κ2) is 13.7. The first-order chi connectivity index (χ1) is 20.8. The Labute approximate surface area is 259 Å². The van der Waals surface area contributed by atoms with Gasteiger partial charge < -0.3 is 9.64 Å². The van der Waals surface area contributed by atoms with Crippen molar-refractivity contribution < 1.29 is 17.9 Å². The topological polar surface area (TPSA) is 70.2 Å². The van der Waals surface area contributed by atoms with Gasteiger partial charge in [0, 0.05) is 55.9 Å². The minimum absolute atomic E-state index is 0.0466. The molecule has 9 heteroatoms. The summed E-state index contributed by atoms with van der Waals surface area (Å²) in [6.45, 7) is 4.96. The third-order valence-corrected chi connectivity index (χ3v) is 9.79. The summed E-state index contributed by atoms with van der Waals surface area (Å²) in [5, 5.41) is 0.461. The van der Waals surface area contributed by atoms with Crippen LogP contribution in [-0.2, 0) is 16.6 Å². The zero-order chi connectivity index (χ0) is 30.4. The fourth-order valence-electron chi connectivity index (χ4n) is 5.49. The normalized spacial score (nSPS) is 14.3. The number of amides is 1. The van der Waals surface area contributed by atoms with Gasteiger partial charge >= 0.3 is 0 Å². The summed E-state index contributed by atoms with van der Waals surface area (Å²) in [5.41, 5.74) is 3.58. The molecule has 1 aliphatic heterocycles. The average Bonchev–Trinajstić information content (AvgIpc) is 3.03. The molecule has 7 nitrogen and oxygen atoms in total. The molecule has 43 heavy (non-hydrogen) atoms. The molecule has 0 N–H and O–H groups in total. The maximum Gasteiger partial charge on any atom is 0.253 e. The number of halogens is 1. The van der Waals surface area contributed by atoms with Crippen LogP contribution in [0.4, 0.5) is 0 Å². The van der Waals surface area contributed by atoms with Crippen LogP contribution in [0.1, 0.15) is 40.0 Å². The molecule has 0 bridgehead atoms. The van der Waals surface area contributed by atoms with E-state index in [0.29, 0.717) is 41.6 Å². The summed E-state index contributed by atoms with van der Waals surface area (Å²) >= 11 is 5.95. The molecule has 0 radical (unpaired) electrons. The lowest BCUT2D eigenvalue weighted by Gasteiger charge is -2.40. The Bertz CT molecular complexity index is 1590. The van der Waals surface area contributed by atoms with Gasteiger partial charge in [0.1, 0.15) is 5.75 Å². The molecule has 1 aliphatic rings. The van der Waals surface area contributed by atoms with Crippen LogP contribution in [0.15, 0.2) is 108 Å². The Balaban J connectivity index is 1.32. The predicted octanol–water partition coefficient (Wildman–Crippen LogP) is 6.11. The molecule has 0 spiro atoms. The molecule has 224 valence electrons. The van der Waals surface area contributed by atoms with Gasteiger partial charge in [-0.25, -0.2) is 8.42 Å². The van der Waals surface area contributed by atoms with Gasteiger partial charge in [-0.2, -0.15) is 4.31 Å². The Morgan fingerprint density at radius 1 is 0.860 bits per heavy atom. The van der Waals surface area contributed by atoms with Gasteiger partial charge in [-0.3, -0.25) is 9.69 Å². The van der Waals surface area contributed by atoms with E-state index in [-0.39, 0.29) is 23.4 Å². The van der Waals surface area contributed by atoms with Gasteiger partial charge in [-0.05, 0) is 60.5 Å². The van der Waals surface area contributed by atoms with Crippen molar-refractivity contribution in [1.82, 2.24) is 14.1 Å². The molecular formula is C34H36ClN3O4S. The van der Waals surface area contributed by atoms with Gasteiger partial charge in [0.05, 0.1) is 17.5 Å². The summed E-state index contributed by atoms with van der Waals surface area (Å²) in [4.78, 5) is 18.1. The van der Waals surface area contributed by atoms with Crippen molar-refractivity contribution in [3.05, 3.63) is 130 Å². The fraction of sp³-hybridized carbons (Fsp3) is 0.265. The molecule has 4 aromatic rings. The molecule has 5 rings (SSSR count). The molecule has 0 aromatic heterocycles. The number of hydrogen-bond acceptors (Lipinski definition) is 5. The molecule has 4 aromatic carbocycles. The first-order valence-corrected chi connectivity index (χ1v) is 16.2. The molecule has 1 saturated heterocycles. The third-order valence-electron chi connectivity index (χ3n) is 7.72. The number of rotatable bonds is 10. The quantitative estimate of drug-likeness (QED) is 0.215. The zero-order valence-electron chi connectivity index (χ0n) is 24.4. The lowest BCUT2D eigenvalue weighted by atomic mass is 9.96. The maximum atomic E-state index is 13.7. The lowest BCUT2D eigenvalue weighted by Crippen LogP contribution is -2.49. The van der Waals surface area contributed by atoms with E-state index < -0.39 is 10.0 Å². The molecule has 0 atom stereocenters. The van der Waals surface area contributed by atoms with Crippen LogP contribution in [0, 0.1) is 0 Å². The van der Waals surface area contributed by atoms with Gasteiger partial charge in [-0.1, -0.05) is 72.3 Å². The van der Waals surface area contributed by atoms with Crippen LogP contribution in [0.25, 0.3) is 0 Å². The predicted molar refractivity (Wildman–Crippen MR) is 170 cm³/mol. The van der Waals surface area contributed by atoms with Crippen LogP contribution < -0.4 is 4.74 Å². The fourth-order valence-corrected chi connectivity index (χ4v) is 6.77. The van der Waals surface area contributed by atoms with E-state index in [1.165, 1.54) is 34.6 Å².